The summed E-state index contributed by atoms with van der Waals surface area (Å²) in [5, 5.41) is 9.61. The molecule has 1 saturated heterocycles. The Morgan fingerprint density at radius 1 is 1.12 bits per heavy atom. The topological polar surface area (TPSA) is 123 Å². The first-order chi connectivity index (χ1) is 19.4. The van der Waals surface area contributed by atoms with Crippen molar-refractivity contribution in [3.8, 4) is 17.2 Å². The van der Waals surface area contributed by atoms with E-state index in [4.69, 9.17) is 23.7 Å². The number of rotatable bonds is 8. The van der Waals surface area contributed by atoms with Crippen LogP contribution in [0.5, 0.6) is 5.75 Å². The first-order valence-electron chi connectivity index (χ1n) is 13.0. The monoisotopic (exact) mass is 571 g/mol. The number of methoxy groups -OCH3 is 1. The number of morpholine rings is 1. The van der Waals surface area contributed by atoms with Gasteiger partial charge in [0.2, 0.25) is 5.89 Å². The predicted octanol–water partition coefficient (Wildman–Crippen LogP) is 5.80. The standard InChI is InChI=1S/C28H30FN3O7S/c1-36-24-14-21(27(33)34)22(29)15-23(24)31-40-25-16-38-26(30-25)19-4-2-17(3-5-19)18-6-8-20(9-7-18)39-28(35)32-10-12-37-13-11-32/h2-5,14-16,18,20,31H,6-13H2,1H3,(H,33,34). The number of carbonyl (C=O) groups excluding carboxylic acids is 1. The summed E-state index contributed by atoms with van der Waals surface area (Å²) in [5.74, 6) is -1.22. The number of nitrogens with zero attached hydrogens (tertiary/aromatic N) is 2. The average Bonchev–Trinajstić information content (AvgIpc) is 3.46. The zero-order valence-corrected chi connectivity index (χ0v) is 22.7. The van der Waals surface area contributed by atoms with E-state index in [1.54, 1.807) is 4.90 Å². The number of carbonyl (C=O) groups is 2. The number of hydrogen-bond acceptors (Lipinski definition) is 9. The highest BCUT2D eigenvalue weighted by molar-refractivity contribution is 8.00. The first-order valence-corrected chi connectivity index (χ1v) is 13.9. The van der Waals surface area contributed by atoms with Crippen molar-refractivity contribution >= 4 is 29.7 Å². The molecule has 2 fully saturated rings. The van der Waals surface area contributed by atoms with Crippen LogP contribution in [0.2, 0.25) is 0 Å². The van der Waals surface area contributed by atoms with Crippen LogP contribution in [-0.4, -0.2) is 66.6 Å². The third kappa shape index (κ3) is 6.50. The van der Waals surface area contributed by atoms with E-state index in [9.17, 15) is 14.0 Å². The number of hydrogen-bond donors (Lipinski definition) is 2. The maximum absolute atomic E-state index is 14.1. The number of amides is 1. The fourth-order valence-electron chi connectivity index (χ4n) is 4.89. The summed E-state index contributed by atoms with van der Waals surface area (Å²) in [5.41, 5.74) is 1.84. The van der Waals surface area contributed by atoms with Crippen molar-refractivity contribution in [3.05, 3.63) is 59.6 Å². The second-order valence-corrected chi connectivity index (χ2v) is 10.4. The molecule has 0 atom stereocenters. The number of aromatic carboxylic acids is 1. The van der Waals surface area contributed by atoms with E-state index in [1.807, 2.05) is 12.1 Å². The largest absolute Gasteiger partial charge is 0.495 e. The SMILES string of the molecule is COc1cc(C(=O)O)c(F)cc1NSc1coc(-c2ccc(C3CCC(OC(=O)N4CCOCC4)CC3)cc2)n1. The summed E-state index contributed by atoms with van der Waals surface area (Å²) in [6, 6.07) is 10.3. The Hall–Kier alpha value is -3.77. The van der Waals surface area contributed by atoms with E-state index in [2.05, 4.69) is 21.8 Å². The maximum atomic E-state index is 14.1. The molecule has 2 aromatic carbocycles. The Bertz CT molecular complexity index is 1340. The fraction of sp³-hybridized carbons (Fsp3) is 0.393. The Labute approximate surface area is 234 Å². The van der Waals surface area contributed by atoms with E-state index < -0.39 is 17.3 Å². The molecule has 40 heavy (non-hydrogen) atoms. The number of benzene rings is 2. The van der Waals surface area contributed by atoms with Gasteiger partial charge in [-0.3, -0.25) is 0 Å². The second-order valence-electron chi connectivity index (χ2n) is 9.61. The quantitative estimate of drug-likeness (QED) is 0.321. The molecular weight excluding hydrogens is 541 g/mol. The number of halogens is 1. The van der Waals surface area contributed by atoms with Crippen LogP contribution < -0.4 is 9.46 Å². The highest BCUT2D eigenvalue weighted by atomic mass is 32.2. The van der Waals surface area contributed by atoms with Gasteiger partial charge in [0, 0.05) is 36.7 Å². The van der Waals surface area contributed by atoms with Gasteiger partial charge in [-0.1, -0.05) is 12.1 Å². The van der Waals surface area contributed by atoms with Gasteiger partial charge in [0.25, 0.3) is 0 Å². The minimum absolute atomic E-state index is 0.0470. The van der Waals surface area contributed by atoms with Crippen molar-refractivity contribution in [2.45, 2.75) is 42.7 Å². The van der Waals surface area contributed by atoms with Gasteiger partial charge in [0.15, 0.2) is 5.03 Å². The van der Waals surface area contributed by atoms with E-state index in [-0.39, 0.29) is 23.6 Å². The average molecular weight is 572 g/mol. The minimum atomic E-state index is -1.38. The van der Waals surface area contributed by atoms with Crippen LogP contribution in [0.3, 0.4) is 0 Å². The van der Waals surface area contributed by atoms with Crippen LogP contribution in [-0.2, 0) is 9.47 Å². The van der Waals surface area contributed by atoms with Gasteiger partial charge in [-0.2, -0.15) is 0 Å². The zero-order chi connectivity index (χ0) is 28.1. The molecule has 1 amide bonds. The number of nitrogens with one attached hydrogen (secondary N) is 1. The number of aromatic nitrogens is 1. The summed E-state index contributed by atoms with van der Waals surface area (Å²) in [4.78, 5) is 29.7. The van der Waals surface area contributed by atoms with Crippen LogP contribution in [0.1, 0.15) is 47.5 Å². The molecule has 5 rings (SSSR count). The second kappa shape index (κ2) is 12.6. The van der Waals surface area contributed by atoms with Crippen molar-refractivity contribution in [2.75, 3.05) is 38.1 Å². The van der Waals surface area contributed by atoms with Crippen molar-refractivity contribution < 1.29 is 37.7 Å². The van der Waals surface area contributed by atoms with E-state index in [0.717, 1.165) is 55.3 Å². The Balaban J connectivity index is 1.14. The van der Waals surface area contributed by atoms with Crippen LogP contribution in [0, 0.1) is 5.82 Å². The van der Waals surface area contributed by atoms with Crippen molar-refractivity contribution in [3.63, 3.8) is 0 Å². The number of anilines is 1. The van der Waals surface area contributed by atoms with Gasteiger partial charge in [0.1, 0.15) is 23.9 Å². The normalized spacial score (nSPS) is 19.2. The van der Waals surface area contributed by atoms with E-state index >= 15 is 0 Å². The zero-order valence-electron chi connectivity index (χ0n) is 21.9. The molecule has 1 aromatic heterocycles. The number of carboxylic acid groups (broad SMARTS) is 1. The number of oxazole rings is 1. The molecule has 0 unspecified atom stereocenters. The molecule has 0 spiro atoms. The molecule has 12 heteroatoms. The lowest BCUT2D eigenvalue weighted by atomic mass is 9.82. The van der Waals surface area contributed by atoms with Gasteiger partial charge in [0.05, 0.1) is 31.6 Å². The summed E-state index contributed by atoms with van der Waals surface area (Å²) >= 11 is 1.09. The highest BCUT2D eigenvalue weighted by Crippen LogP contribution is 2.36. The number of carboxylic acids is 1. The van der Waals surface area contributed by atoms with Crippen LogP contribution in [0.25, 0.3) is 11.5 Å². The molecule has 1 aliphatic carbocycles. The number of ether oxygens (including phenoxy) is 3. The predicted molar refractivity (Wildman–Crippen MR) is 145 cm³/mol. The molecule has 0 bridgehead atoms. The molecule has 10 nitrogen and oxygen atoms in total. The van der Waals surface area contributed by atoms with Gasteiger partial charge in [-0.15, -0.1) is 0 Å². The molecule has 212 valence electrons. The van der Waals surface area contributed by atoms with Crippen molar-refractivity contribution in [1.29, 1.82) is 0 Å². The van der Waals surface area contributed by atoms with Gasteiger partial charge in [-0.25, -0.2) is 19.0 Å². The molecule has 1 aliphatic heterocycles. The minimum Gasteiger partial charge on any atom is -0.495 e. The lowest BCUT2D eigenvalue weighted by Gasteiger charge is -2.32. The van der Waals surface area contributed by atoms with Gasteiger partial charge >= 0.3 is 12.1 Å². The molecule has 0 radical (unpaired) electrons. The Kier molecular flexibility index (Phi) is 8.75. The first kappa shape index (κ1) is 27.8. The molecular formula is C28H30FN3O7S. The van der Waals surface area contributed by atoms with E-state index in [1.165, 1.54) is 18.9 Å². The van der Waals surface area contributed by atoms with E-state index in [0.29, 0.717) is 43.1 Å². The highest BCUT2D eigenvalue weighted by Gasteiger charge is 2.27. The lowest BCUT2D eigenvalue weighted by molar-refractivity contribution is 0.00445. The summed E-state index contributed by atoms with van der Waals surface area (Å²) in [6.45, 7) is 2.28. The summed E-state index contributed by atoms with van der Waals surface area (Å²) < 4.78 is 38.9. The maximum Gasteiger partial charge on any atom is 0.410 e. The molecule has 2 aliphatic rings. The summed E-state index contributed by atoms with van der Waals surface area (Å²) in [7, 11) is 1.37. The lowest BCUT2D eigenvalue weighted by Crippen LogP contribution is -2.42. The third-order valence-corrected chi connectivity index (χ3v) is 7.83. The third-order valence-electron chi connectivity index (χ3n) is 7.11. The Morgan fingerprint density at radius 2 is 1.85 bits per heavy atom. The van der Waals surface area contributed by atoms with Crippen molar-refractivity contribution in [1.82, 2.24) is 9.88 Å². The van der Waals surface area contributed by atoms with Crippen LogP contribution in [0.4, 0.5) is 14.9 Å². The molecule has 3 aromatic rings. The molecule has 2 N–H and O–H groups in total. The fourth-order valence-corrected chi connectivity index (χ4v) is 5.49. The van der Waals surface area contributed by atoms with Gasteiger partial charge in [-0.05, 0) is 55.4 Å². The summed E-state index contributed by atoms with van der Waals surface area (Å²) in [6.07, 6.45) is 4.76. The Morgan fingerprint density at radius 3 is 2.52 bits per heavy atom. The smallest absolute Gasteiger partial charge is 0.410 e. The molecule has 2 heterocycles. The molecule has 1 saturated carbocycles. The van der Waals surface area contributed by atoms with Gasteiger partial charge < -0.3 is 33.4 Å². The van der Waals surface area contributed by atoms with Crippen LogP contribution in [0.15, 0.2) is 52.1 Å². The van der Waals surface area contributed by atoms with Crippen molar-refractivity contribution in [2.24, 2.45) is 0 Å². The van der Waals surface area contributed by atoms with Crippen LogP contribution >= 0.6 is 11.9 Å².